The van der Waals surface area contributed by atoms with Gasteiger partial charge in [0, 0.05) is 11.3 Å². The summed E-state index contributed by atoms with van der Waals surface area (Å²) in [5.74, 6) is -0.543. The normalized spacial score (nSPS) is 11.3. The lowest BCUT2D eigenvalue weighted by atomic mass is 10.1. The Morgan fingerprint density at radius 3 is 2.63 bits per heavy atom. The number of sulfonamides is 1. The molecular formula is C19H17FN2O4S. The van der Waals surface area contributed by atoms with Crippen molar-refractivity contribution in [3.05, 3.63) is 83.6 Å². The van der Waals surface area contributed by atoms with Gasteiger partial charge < -0.3 is 9.73 Å². The molecule has 140 valence electrons. The maximum absolute atomic E-state index is 13.3. The van der Waals surface area contributed by atoms with E-state index < -0.39 is 21.7 Å². The number of hydrogen-bond donors (Lipinski definition) is 2. The predicted octanol–water partition coefficient (Wildman–Crippen LogP) is 3.46. The van der Waals surface area contributed by atoms with Crippen LogP contribution in [0.4, 0.5) is 10.1 Å². The highest BCUT2D eigenvalue weighted by molar-refractivity contribution is 7.89. The van der Waals surface area contributed by atoms with Gasteiger partial charge in [-0.3, -0.25) is 4.79 Å². The summed E-state index contributed by atoms with van der Waals surface area (Å²) in [7, 11) is -3.84. The van der Waals surface area contributed by atoms with Gasteiger partial charge in [0.1, 0.15) is 11.6 Å². The van der Waals surface area contributed by atoms with Crippen molar-refractivity contribution in [2.75, 3.05) is 5.32 Å². The van der Waals surface area contributed by atoms with Gasteiger partial charge in [-0.05, 0) is 55.0 Å². The van der Waals surface area contributed by atoms with Crippen LogP contribution in [0.1, 0.15) is 21.7 Å². The molecule has 0 atom stereocenters. The van der Waals surface area contributed by atoms with Crippen molar-refractivity contribution in [1.29, 1.82) is 0 Å². The molecule has 0 spiro atoms. The van der Waals surface area contributed by atoms with Gasteiger partial charge in [-0.2, -0.15) is 0 Å². The number of benzene rings is 2. The fourth-order valence-electron chi connectivity index (χ4n) is 2.44. The van der Waals surface area contributed by atoms with E-state index in [2.05, 4.69) is 10.0 Å². The monoisotopic (exact) mass is 388 g/mol. The first-order chi connectivity index (χ1) is 12.8. The molecule has 0 fully saturated rings. The second-order valence-corrected chi connectivity index (χ2v) is 7.61. The van der Waals surface area contributed by atoms with E-state index in [1.54, 1.807) is 31.2 Å². The van der Waals surface area contributed by atoms with Gasteiger partial charge in [-0.1, -0.05) is 12.1 Å². The van der Waals surface area contributed by atoms with Gasteiger partial charge in [0.25, 0.3) is 5.91 Å². The highest BCUT2D eigenvalue weighted by Gasteiger charge is 2.18. The number of amides is 1. The molecule has 0 saturated heterocycles. The Labute approximate surface area is 156 Å². The molecule has 6 nitrogen and oxygen atoms in total. The molecule has 0 aliphatic rings. The zero-order valence-electron chi connectivity index (χ0n) is 14.4. The summed E-state index contributed by atoms with van der Waals surface area (Å²) in [6.45, 7) is 1.68. The lowest BCUT2D eigenvalue weighted by Crippen LogP contribution is -2.24. The van der Waals surface area contributed by atoms with E-state index in [1.807, 2.05) is 0 Å². The van der Waals surface area contributed by atoms with E-state index in [1.165, 1.54) is 36.6 Å². The fraction of sp³-hybridized carbons (Fsp3) is 0.105. The average Bonchev–Trinajstić information content (AvgIpc) is 3.14. The number of carbonyl (C=O) groups excluding carboxylic acids is 1. The molecular weight excluding hydrogens is 371 g/mol. The van der Waals surface area contributed by atoms with E-state index in [-0.39, 0.29) is 22.7 Å². The van der Waals surface area contributed by atoms with Gasteiger partial charge >= 0.3 is 0 Å². The Kier molecular flexibility index (Phi) is 5.38. The van der Waals surface area contributed by atoms with Crippen LogP contribution in [0.3, 0.4) is 0 Å². The Balaban J connectivity index is 1.81. The standard InChI is InChI=1S/C19H17FN2O4S/c1-13-7-8-17(27(24,25)21-12-16-6-3-9-26-16)11-18(13)19(23)22-15-5-2-4-14(20)10-15/h2-11,21H,12H2,1H3,(H,22,23). The highest BCUT2D eigenvalue weighted by Crippen LogP contribution is 2.18. The summed E-state index contributed by atoms with van der Waals surface area (Å²) in [6.07, 6.45) is 1.45. The van der Waals surface area contributed by atoms with Crippen LogP contribution >= 0.6 is 0 Å². The minimum absolute atomic E-state index is 0.00592. The number of hydrogen-bond acceptors (Lipinski definition) is 4. The lowest BCUT2D eigenvalue weighted by Gasteiger charge is -2.11. The SMILES string of the molecule is Cc1ccc(S(=O)(=O)NCc2ccco2)cc1C(=O)Nc1cccc(F)c1. The second kappa shape index (κ2) is 7.73. The molecule has 0 aliphatic carbocycles. The number of anilines is 1. The molecule has 1 amide bonds. The predicted molar refractivity (Wildman–Crippen MR) is 98.3 cm³/mol. The van der Waals surface area contributed by atoms with Gasteiger partial charge in [0.05, 0.1) is 17.7 Å². The van der Waals surface area contributed by atoms with Crippen molar-refractivity contribution in [2.24, 2.45) is 0 Å². The molecule has 1 heterocycles. The molecule has 0 saturated carbocycles. The summed E-state index contributed by atoms with van der Waals surface area (Å²) < 4.78 is 45.8. The van der Waals surface area contributed by atoms with Crippen molar-refractivity contribution >= 4 is 21.6 Å². The van der Waals surface area contributed by atoms with Crippen LogP contribution in [0.2, 0.25) is 0 Å². The van der Waals surface area contributed by atoms with E-state index in [9.17, 15) is 17.6 Å². The topological polar surface area (TPSA) is 88.4 Å². The Morgan fingerprint density at radius 1 is 1.11 bits per heavy atom. The highest BCUT2D eigenvalue weighted by atomic mass is 32.2. The molecule has 0 aliphatic heterocycles. The summed E-state index contributed by atoms with van der Waals surface area (Å²) in [5.41, 5.74) is 1.05. The Bertz CT molecular complexity index is 1060. The zero-order chi connectivity index (χ0) is 19.4. The van der Waals surface area contributed by atoms with Crippen LogP contribution in [-0.2, 0) is 16.6 Å². The maximum Gasteiger partial charge on any atom is 0.255 e. The molecule has 0 unspecified atom stereocenters. The maximum atomic E-state index is 13.3. The van der Waals surface area contributed by atoms with Crippen molar-refractivity contribution < 1.29 is 22.0 Å². The molecule has 3 aromatic rings. The van der Waals surface area contributed by atoms with Gasteiger partial charge in [0.2, 0.25) is 10.0 Å². The van der Waals surface area contributed by atoms with Crippen molar-refractivity contribution in [1.82, 2.24) is 4.72 Å². The largest absolute Gasteiger partial charge is 0.468 e. The first kappa shape index (κ1) is 18.8. The molecule has 3 rings (SSSR count). The number of furan rings is 1. The van der Waals surface area contributed by atoms with Crippen LogP contribution in [0.5, 0.6) is 0 Å². The number of rotatable bonds is 6. The van der Waals surface area contributed by atoms with E-state index in [0.717, 1.165) is 0 Å². The van der Waals surface area contributed by atoms with Crippen LogP contribution in [-0.4, -0.2) is 14.3 Å². The smallest absolute Gasteiger partial charge is 0.255 e. The Morgan fingerprint density at radius 2 is 1.93 bits per heavy atom. The number of carbonyl (C=O) groups is 1. The van der Waals surface area contributed by atoms with E-state index >= 15 is 0 Å². The molecule has 8 heteroatoms. The zero-order valence-corrected chi connectivity index (χ0v) is 15.2. The third kappa shape index (κ3) is 4.60. The molecule has 0 bridgehead atoms. The third-order valence-corrected chi connectivity index (χ3v) is 5.26. The summed E-state index contributed by atoms with van der Waals surface area (Å²) in [6, 6.07) is 13.0. The summed E-state index contributed by atoms with van der Waals surface area (Å²) in [5, 5.41) is 2.56. The fourth-order valence-corrected chi connectivity index (χ4v) is 3.46. The van der Waals surface area contributed by atoms with Gasteiger partial charge in [0.15, 0.2) is 0 Å². The number of halogens is 1. The minimum atomic E-state index is -3.84. The molecule has 2 aromatic carbocycles. The van der Waals surface area contributed by atoms with Crippen molar-refractivity contribution in [2.45, 2.75) is 18.4 Å². The van der Waals surface area contributed by atoms with Crippen LogP contribution in [0, 0.1) is 12.7 Å². The summed E-state index contributed by atoms with van der Waals surface area (Å²) in [4.78, 5) is 12.5. The molecule has 1 aromatic heterocycles. The number of aryl methyl sites for hydroxylation is 1. The van der Waals surface area contributed by atoms with Crippen LogP contribution < -0.4 is 10.0 Å². The first-order valence-electron chi connectivity index (χ1n) is 8.05. The summed E-state index contributed by atoms with van der Waals surface area (Å²) >= 11 is 0. The van der Waals surface area contributed by atoms with Crippen molar-refractivity contribution in [3.63, 3.8) is 0 Å². The van der Waals surface area contributed by atoms with Crippen LogP contribution in [0.25, 0.3) is 0 Å². The molecule has 0 radical (unpaired) electrons. The van der Waals surface area contributed by atoms with E-state index in [0.29, 0.717) is 11.3 Å². The number of nitrogens with one attached hydrogen (secondary N) is 2. The van der Waals surface area contributed by atoms with Gasteiger partial charge in [-0.15, -0.1) is 0 Å². The van der Waals surface area contributed by atoms with Gasteiger partial charge in [-0.25, -0.2) is 17.5 Å². The second-order valence-electron chi connectivity index (χ2n) is 5.85. The molecule has 27 heavy (non-hydrogen) atoms. The van der Waals surface area contributed by atoms with Crippen molar-refractivity contribution in [3.8, 4) is 0 Å². The Hall–Kier alpha value is -2.97. The average molecular weight is 388 g/mol. The van der Waals surface area contributed by atoms with Crippen LogP contribution in [0.15, 0.2) is 70.2 Å². The quantitative estimate of drug-likeness (QED) is 0.677. The lowest BCUT2D eigenvalue weighted by molar-refractivity contribution is 0.102. The minimum Gasteiger partial charge on any atom is -0.468 e. The third-order valence-electron chi connectivity index (χ3n) is 3.86. The van der Waals surface area contributed by atoms with E-state index in [4.69, 9.17) is 4.42 Å². The first-order valence-corrected chi connectivity index (χ1v) is 9.53. The molecule has 2 N–H and O–H groups in total.